The van der Waals surface area contributed by atoms with Crippen LogP contribution < -0.4 is 0 Å². The predicted octanol–water partition coefficient (Wildman–Crippen LogP) is 4.83. The number of halogens is 2. The SMILES string of the molecule is CC(Cl)c1nc2ccc(Cl)cc2n1CCc1ccco1. The summed E-state index contributed by atoms with van der Waals surface area (Å²) in [5.74, 6) is 1.80. The summed E-state index contributed by atoms with van der Waals surface area (Å²) < 4.78 is 7.49. The number of benzene rings is 1. The molecular formula is C15H14Cl2N2O. The van der Waals surface area contributed by atoms with E-state index in [1.165, 1.54) is 0 Å². The Bertz CT molecular complexity index is 717. The van der Waals surface area contributed by atoms with Gasteiger partial charge in [0.25, 0.3) is 0 Å². The highest BCUT2D eigenvalue weighted by Gasteiger charge is 2.15. The lowest BCUT2D eigenvalue weighted by Gasteiger charge is -2.09. The molecule has 0 saturated carbocycles. The Labute approximate surface area is 127 Å². The third-order valence-electron chi connectivity index (χ3n) is 3.26. The fourth-order valence-corrected chi connectivity index (χ4v) is 2.66. The second-order valence-electron chi connectivity index (χ2n) is 4.70. The smallest absolute Gasteiger partial charge is 0.127 e. The molecule has 0 fully saturated rings. The minimum atomic E-state index is -0.155. The van der Waals surface area contributed by atoms with Crippen LogP contribution in [0.15, 0.2) is 41.0 Å². The van der Waals surface area contributed by atoms with E-state index in [1.807, 2.05) is 37.3 Å². The van der Waals surface area contributed by atoms with Gasteiger partial charge in [-0.05, 0) is 37.3 Å². The molecule has 0 aliphatic rings. The summed E-state index contributed by atoms with van der Waals surface area (Å²) in [4.78, 5) is 4.59. The van der Waals surface area contributed by atoms with Gasteiger partial charge in [0.05, 0.1) is 22.7 Å². The number of rotatable bonds is 4. The molecule has 0 spiro atoms. The van der Waals surface area contributed by atoms with Gasteiger partial charge in [0.2, 0.25) is 0 Å². The number of furan rings is 1. The number of imidazole rings is 1. The Hall–Kier alpha value is -1.45. The molecule has 1 atom stereocenters. The normalized spacial score (nSPS) is 12.9. The van der Waals surface area contributed by atoms with E-state index >= 15 is 0 Å². The molecule has 2 heterocycles. The molecule has 3 aromatic rings. The van der Waals surface area contributed by atoms with Crippen molar-refractivity contribution in [3.63, 3.8) is 0 Å². The van der Waals surface area contributed by atoms with Crippen LogP contribution in [0.3, 0.4) is 0 Å². The minimum Gasteiger partial charge on any atom is -0.469 e. The number of fused-ring (bicyclic) bond motifs is 1. The summed E-state index contributed by atoms with van der Waals surface area (Å²) in [6.45, 7) is 2.69. The predicted molar refractivity (Wildman–Crippen MR) is 81.4 cm³/mol. The molecule has 3 nitrogen and oxygen atoms in total. The van der Waals surface area contributed by atoms with Crippen molar-refractivity contribution in [3.8, 4) is 0 Å². The third kappa shape index (κ3) is 2.56. The first-order chi connectivity index (χ1) is 9.65. The summed E-state index contributed by atoms with van der Waals surface area (Å²) >= 11 is 12.3. The van der Waals surface area contributed by atoms with Crippen LogP contribution >= 0.6 is 23.2 Å². The molecule has 0 radical (unpaired) electrons. The summed E-state index contributed by atoms with van der Waals surface area (Å²) in [6, 6.07) is 9.55. The fraction of sp³-hybridized carbons (Fsp3) is 0.267. The van der Waals surface area contributed by atoms with Crippen LogP contribution in [-0.2, 0) is 13.0 Å². The standard InChI is InChI=1S/C15H14Cl2N2O/c1-10(16)15-18-13-5-4-11(17)9-14(13)19(15)7-6-12-3-2-8-20-12/h2-5,8-10H,6-7H2,1H3. The zero-order chi connectivity index (χ0) is 14.1. The number of alkyl halides is 1. The molecule has 20 heavy (non-hydrogen) atoms. The maximum atomic E-state index is 6.24. The van der Waals surface area contributed by atoms with Crippen molar-refractivity contribution in [2.24, 2.45) is 0 Å². The van der Waals surface area contributed by atoms with Crippen LogP contribution in [0, 0.1) is 0 Å². The van der Waals surface area contributed by atoms with Crippen LogP contribution in [0.2, 0.25) is 5.02 Å². The van der Waals surface area contributed by atoms with Crippen molar-refractivity contribution in [2.75, 3.05) is 0 Å². The van der Waals surface area contributed by atoms with E-state index < -0.39 is 0 Å². The van der Waals surface area contributed by atoms with Crippen LogP contribution in [0.1, 0.15) is 23.9 Å². The molecule has 0 aliphatic carbocycles. The zero-order valence-electron chi connectivity index (χ0n) is 11.0. The van der Waals surface area contributed by atoms with Gasteiger partial charge >= 0.3 is 0 Å². The molecule has 0 N–H and O–H groups in total. The highest BCUT2D eigenvalue weighted by Crippen LogP contribution is 2.27. The van der Waals surface area contributed by atoms with Crippen LogP contribution in [0.25, 0.3) is 11.0 Å². The van der Waals surface area contributed by atoms with Crippen molar-refractivity contribution in [1.82, 2.24) is 9.55 Å². The number of aromatic nitrogens is 2. The van der Waals surface area contributed by atoms with Gasteiger partial charge in [-0.25, -0.2) is 4.98 Å². The first-order valence-corrected chi connectivity index (χ1v) is 7.29. The van der Waals surface area contributed by atoms with E-state index in [1.54, 1.807) is 6.26 Å². The van der Waals surface area contributed by atoms with Gasteiger partial charge in [0.1, 0.15) is 11.6 Å². The van der Waals surface area contributed by atoms with E-state index in [2.05, 4.69) is 9.55 Å². The van der Waals surface area contributed by atoms with Crippen LogP contribution in [0.5, 0.6) is 0 Å². The van der Waals surface area contributed by atoms with Crippen molar-refractivity contribution < 1.29 is 4.42 Å². The van der Waals surface area contributed by atoms with Gasteiger partial charge in [-0.1, -0.05) is 11.6 Å². The number of hydrogen-bond acceptors (Lipinski definition) is 2. The molecule has 0 saturated heterocycles. The Morgan fingerprint density at radius 1 is 1.35 bits per heavy atom. The molecular weight excluding hydrogens is 295 g/mol. The number of hydrogen-bond donors (Lipinski definition) is 0. The van der Waals surface area contributed by atoms with Gasteiger partial charge in [0, 0.05) is 18.0 Å². The molecule has 0 bridgehead atoms. The van der Waals surface area contributed by atoms with Gasteiger partial charge in [-0.2, -0.15) is 0 Å². The van der Waals surface area contributed by atoms with E-state index in [0.29, 0.717) is 5.02 Å². The first kappa shape index (κ1) is 13.5. The van der Waals surface area contributed by atoms with E-state index in [4.69, 9.17) is 27.6 Å². The second kappa shape index (κ2) is 5.51. The van der Waals surface area contributed by atoms with Gasteiger partial charge in [0.15, 0.2) is 0 Å². The summed E-state index contributed by atoms with van der Waals surface area (Å²) in [6.07, 6.45) is 2.48. The van der Waals surface area contributed by atoms with Gasteiger partial charge < -0.3 is 8.98 Å². The Balaban J connectivity index is 2.01. The summed E-state index contributed by atoms with van der Waals surface area (Å²) in [5.41, 5.74) is 1.92. The topological polar surface area (TPSA) is 31.0 Å². The lowest BCUT2D eigenvalue weighted by Crippen LogP contribution is -2.06. The molecule has 0 aliphatic heterocycles. The molecule has 0 amide bonds. The third-order valence-corrected chi connectivity index (χ3v) is 3.69. The van der Waals surface area contributed by atoms with Gasteiger partial charge in [-0.3, -0.25) is 0 Å². The molecule has 1 unspecified atom stereocenters. The maximum Gasteiger partial charge on any atom is 0.127 e. The monoisotopic (exact) mass is 308 g/mol. The fourth-order valence-electron chi connectivity index (χ4n) is 2.33. The van der Waals surface area contributed by atoms with Crippen molar-refractivity contribution in [2.45, 2.75) is 25.3 Å². The van der Waals surface area contributed by atoms with E-state index in [-0.39, 0.29) is 5.38 Å². The first-order valence-electron chi connectivity index (χ1n) is 6.47. The summed E-state index contributed by atoms with van der Waals surface area (Å²) in [5, 5.41) is 0.545. The average Bonchev–Trinajstić information content (AvgIpc) is 3.03. The Morgan fingerprint density at radius 3 is 2.90 bits per heavy atom. The van der Waals surface area contributed by atoms with Crippen LogP contribution in [-0.4, -0.2) is 9.55 Å². The van der Waals surface area contributed by atoms with Gasteiger partial charge in [-0.15, -0.1) is 11.6 Å². The minimum absolute atomic E-state index is 0.155. The average molecular weight is 309 g/mol. The highest BCUT2D eigenvalue weighted by molar-refractivity contribution is 6.31. The Morgan fingerprint density at radius 2 is 2.20 bits per heavy atom. The molecule has 104 valence electrons. The number of aryl methyl sites for hydroxylation is 2. The van der Waals surface area contributed by atoms with E-state index in [0.717, 1.165) is 35.6 Å². The van der Waals surface area contributed by atoms with Crippen molar-refractivity contribution >= 4 is 34.2 Å². The van der Waals surface area contributed by atoms with E-state index in [9.17, 15) is 0 Å². The molecule has 5 heteroatoms. The second-order valence-corrected chi connectivity index (χ2v) is 5.79. The maximum absolute atomic E-state index is 6.24. The molecule has 1 aromatic carbocycles. The molecule has 2 aromatic heterocycles. The quantitative estimate of drug-likeness (QED) is 0.647. The summed E-state index contributed by atoms with van der Waals surface area (Å²) in [7, 11) is 0. The van der Waals surface area contributed by atoms with Crippen LogP contribution in [0.4, 0.5) is 0 Å². The Kier molecular flexibility index (Phi) is 3.72. The lowest BCUT2D eigenvalue weighted by atomic mass is 10.3. The highest BCUT2D eigenvalue weighted by atomic mass is 35.5. The zero-order valence-corrected chi connectivity index (χ0v) is 12.5. The largest absolute Gasteiger partial charge is 0.469 e. The number of nitrogens with zero attached hydrogens (tertiary/aromatic N) is 2. The van der Waals surface area contributed by atoms with Crippen molar-refractivity contribution in [3.05, 3.63) is 53.2 Å². The molecule has 3 rings (SSSR count). The van der Waals surface area contributed by atoms with Crippen molar-refractivity contribution in [1.29, 1.82) is 0 Å². The lowest BCUT2D eigenvalue weighted by molar-refractivity contribution is 0.490.